The van der Waals surface area contributed by atoms with Gasteiger partial charge in [0.2, 0.25) is 0 Å². The number of ether oxygens (including phenoxy) is 2. The molecule has 0 saturated heterocycles. The lowest BCUT2D eigenvalue weighted by Gasteiger charge is -2.30. The van der Waals surface area contributed by atoms with Crippen molar-refractivity contribution in [3.63, 3.8) is 0 Å². The molecule has 0 unspecified atom stereocenters. The molecule has 0 heterocycles. The molecule has 6 nitrogen and oxygen atoms in total. The van der Waals surface area contributed by atoms with Crippen LogP contribution in [0.3, 0.4) is 0 Å². The van der Waals surface area contributed by atoms with Crippen molar-refractivity contribution in [3.8, 4) is 0 Å². The molecule has 6 heteroatoms. The molecule has 1 N–H and O–H groups in total. The standard InChI is InChI=1S/C46H89NO5/c1-4-7-10-13-16-17-18-24-32-41-51-44(49)35-29-25-31-40-47(46(42-48)37-38-46)39-30-23-19-22-28-36-45(50)52-43(33-26-20-14-11-8-5-2)34-27-21-15-12-9-6-3/h43,48H,4-42H2,1-3H3. The summed E-state index contributed by atoms with van der Waals surface area (Å²) >= 11 is 0. The van der Waals surface area contributed by atoms with Crippen LogP contribution in [0.5, 0.6) is 0 Å². The van der Waals surface area contributed by atoms with Crippen molar-refractivity contribution < 1.29 is 24.2 Å². The van der Waals surface area contributed by atoms with E-state index in [1.54, 1.807) is 0 Å². The normalized spacial score (nSPS) is 13.7. The molecule has 0 bridgehead atoms. The summed E-state index contributed by atoms with van der Waals surface area (Å²) < 4.78 is 11.5. The second-order valence-corrected chi connectivity index (χ2v) is 16.5. The third kappa shape index (κ3) is 28.3. The average Bonchev–Trinajstić information content (AvgIpc) is 3.95. The predicted molar refractivity (Wildman–Crippen MR) is 221 cm³/mol. The van der Waals surface area contributed by atoms with Crippen molar-refractivity contribution in [3.05, 3.63) is 0 Å². The maximum absolute atomic E-state index is 12.8. The van der Waals surface area contributed by atoms with Crippen molar-refractivity contribution in [1.82, 2.24) is 4.90 Å². The first-order valence-corrected chi connectivity index (χ1v) is 23.2. The zero-order chi connectivity index (χ0) is 37.8. The van der Waals surface area contributed by atoms with Gasteiger partial charge in [-0.3, -0.25) is 14.5 Å². The molecule has 0 aromatic heterocycles. The minimum atomic E-state index is -0.0418. The molecule has 1 aliphatic carbocycles. The fourth-order valence-electron chi connectivity index (χ4n) is 7.64. The van der Waals surface area contributed by atoms with Gasteiger partial charge in [-0.2, -0.15) is 0 Å². The Balaban J connectivity index is 2.17. The Hall–Kier alpha value is -1.14. The van der Waals surface area contributed by atoms with Crippen molar-refractivity contribution in [1.29, 1.82) is 0 Å². The molecule has 0 aliphatic heterocycles. The molecular formula is C46H89NO5. The summed E-state index contributed by atoms with van der Waals surface area (Å²) in [5, 5.41) is 10.1. The molecule has 0 aromatic carbocycles. The second-order valence-electron chi connectivity index (χ2n) is 16.5. The van der Waals surface area contributed by atoms with Crippen LogP contribution in [-0.2, 0) is 19.1 Å². The van der Waals surface area contributed by atoms with E-state index >= 15 is 0 Å². The fraction of sp³-hybridized carbons (Fsp3) is 0.957. The molecule has 1 saturated carbocycles. The summed E-state index contributed by atoms with van der Waals surface area (Å²) in [6.07, 6.45) is 40.7. The van der Waals surface area contributed by atoms with Gasteiger partial charge >= 0.3 is 11.9 Å². The second kappa shape index (κ2) is 35.6. The van der Waals surface area contributed by atoms with E-state index in [1.165, 1.54) is 122 Å². The Kier molecular flexibility index (Phi) is 33.4. The number of carbonyl (C=O) groups is 2. The molecule has 1 rings (SSSR count). The molecule has 1 fully saturated rings. The lowest BCUT2D eigenvalue weighted by Crippen LogP contribution is -2.41. The van der Waals surface area contributed by atoms with E-state index in [0.29, 0.717) is 19.4 Å². The summed E-state index contributed by atoms with van der Waals surface area (Å²) in [6, 6.07) is 0. The molecule has 0 atom stereocenters. The first kappa shape index (κ1) is 48.9. The molecule has 308 valence electrons. The summed E-state index contributed by atoms with van der Waals surface area (Å²) in [5.74, 6) is -0.0290. The number of unbranched alkanes of at least 4 members (excludes halogenated alkanes) is 24. The monoisotopic (exact) mass is 736 g/mol. The Bertz CT molecular complexity index is 784. The maximum Gasteiger partial charge on any atom is 0.306 e. The van der Waals surface area contributed by atoms with Crippen LogP contribution >= 0.6 is 0 Å². The van der Waals surface area contributed by atoms with Crippen LogP contribution in [-0.4, -0.2) is 59.9 Å². The van der Waals surface area contributed by atoms with Crippen molar-refractivity contribution in [2.24, 2.45) is 0 Å². The van der Waals surface area contributed by atoms with E-state index in [9.17, 15) is 14.7 Å². The zero-order valence-electron chi connectivity index (χ0n) is 35.2. The smallest absolute Gasteiger partial charge is 0.306 e. The third-order valence-electron chi connectivity index (χ3n) is 11.5. The van der Waals surface area contributed by atoms with Gasteiger partial charge in [0.05, 0.1) is 13.2 Å². The van der Waals surface area contributed by atoms with Gasteiger partial charge in [-0.05, 0) is 83.7 Å². The Morgan fingerprint density at radius 2 is 0.904 bits per heavy atom. The lowest BCUT2D eigenvalue weighted by molar-refractivity contribution is -0.150. The Morgan fingerprint density at radius 1 is 0.519 bits per heavy atom. The zero-order valence-corrected chi connectivity index (χ0v) is 35.2. The van der Waals surface area contributed by atoms with E-state index in [4.69, 9.17) is 9.47 Å². The highest BCUT2D eigenvalue weighted by Crippen LogP contribution is 2.41. The van der Waals surface area contributed by atoms with Gasteiger partial charge in [0.15, 0.2) is 0 Å². The molecule has 0 aromatic rings. The fourth-order valence-corrected chi connectivity index (χ4v) is 7.64. The first-order valence-electron chi connectivity index (χ1n) is 23.2. The average molecular weight is 736 g/mol. The molecule has 52 heavy (non-hydrogen) atoms. The van der Waals surface area contributed by atoms with Gasteiger partial charge in [0, 0.05) is 18.4 Å². The van der Waals surface area contributed by atoms with Crippen molar-refractivity contribution in [2.45, 2.75) is 257 Å². The van der Waals surface area contributed by atoms with E-state index in [-0.39, 0.29) is 30.2 Å². The maximum atomic E-state index is 12.8. The number of rotatable bonds is 41. The van der Waals surface area contributed by atoms with Crippen LogP contribution in [0.1, 0.15) is 245 Å². The minimum Gasteiger partial charge on any atom is -0.466 e. The number of aliphatic hydroxyl groups excluding tert-OH is 1. The van der Waals surface area contributed by atoms with E-state index < -0.39 is 0 Å². The molecular weight excluding hydrogens is 647 g/mol. The topological polar surface area (TPSA) is 76.1 Å². The van der Waals surface area contributed by atoms with Crippen LogP contribution in [0.4, 0.5) is 0 Å². The minimum absolute atomic E-state index is 0.000248. The highest BCUT2D eigenvalue weighted by molar-refractivity contribution is 5.69. The van der Waals surface area contributed by atoms with Crippen LogP contribution in [0.15, 0.2) is 0 Å². The third-order valence-corrected chi connectivity index (χ3v) is 11.5. The summed E-state index contributed by atoms with van der Waals surface area (Å²) in [6.45, 7) is 9.63. The number of hydrogen-bond donors (Lipinski definition) is 1. The van der Waals surface area contributed by atoms with Gasteiger partial charge in [-0.15, -0.1) is 0 Å². The van der Waals surface area contributed by atoms with Gasteiger partial charge < -0.3 is 14.6 Å². The van der Waals surface area contributed by atoms with Crippen LogP contribution in [0, 0.1) is 0 Å². The molecule has 0 amide bonds. The summed E-state index contributed by atoms with van der Waals surface area (Å²) in [5.41, 5.74) is -0.000248. The van der Waals surface area contributed by atoms with Gasteiger partial charge in [-0.1, -0.05) is 162 Å². The highest BCUT2D eigenvalue weighted by Gasteiger charge is 2.46. The van der Waals surface area contributed by atoms with E-state index in [0.717, 1.165) is 103 Å². The van der Waals surface area contributed by atoms with Crippen molar-refractivity contribution in [2.75, 3.05) is 26.3 Å². The lowest BCUT2D eigenvalue weighted by atomic mass is 10.0. The largest absolute Gasteiger partial charge is 0.466 e. The number of hydrogen-bond acceptors (Lipinski definition) is 6. The first-order chi connectivity index (χ1) is 25.5. The Morgan fingerprint density at radius 3 is 1.37 bits per heavy atom. The van der Waals surface area contributed by atoms with Crippen LogP contribution in [0.25, 0.3) is 0 Å². The summed E-state index contributed by atoms with van der Waals surface area (Å²) in [7, 11) is 0. The van der Waals surface area contributed by atoms with E-state index in [1.807, 2.05) is 0 Å². The molecule has 1 aliphatic rings. The van der Waals surface area contributed by atoms with Crippen LogP contribution in [0.2, 0.25) is 0 Å². The van der Waals surface area contributed by atoms with Gasteiger partial charge in [-0.25, -0.2) is 0 Å². The van der Waals surface area contributed by atoms with Gasteiger partial charge in [0.1, 0.15) is 6.10 Å². The number of esters is 2. The quantitative estimate of drug-likeness (QED) is 0.0498. The molecule has 0 spiro atoms. The SMILES string of the molecule is CCCCCCCCCCCOC(=O)CCCCCN(CCCCCCCC(=O)OC(CCCCCCCC)CCCCCCCC)C1(CO)CC1. The number of nitrogens with zero attached hydrogens (tertiary/aromatic N) is 1. The number of carbonyl (C=O) groups excluding carboxylic acids is 2. The number of aliphatic hydroxyl groups is 1. The summed E-state index contributed by atoms with van der Waals surface area (Å²) in [4.78, 5) is 27.5. The molecule has 0 radical (unpaired) electrons. The van der Waals surface area contributed by atoms with Crippen LogP contribution < -0.4 is 0 Å². The van der Waals surface area contributed by atoms with Crippen molar-refractivity contribution >= 4 is 11.9 Å². The van der Waals surface area contributed by atoms with Gasteiger partial charge in [0.25, 0.3) is 0 Å². The van der Waals surface area contributed by atoms with E-state index in [2.05, 4.69) is 25.7 Å². The highest BCUT2D eigenvalue weighted by atomic mass is 16.5. The predicted octanol–water partition coefficient (Wildman–Crippen LogP) is 13.2. The Labute approximate surface area is 323 Å².